The quantitative estimate of drug-likeness (QED) is 0.0661. The number of aliphatic hydroxyl groups excluding tert-OH is 1. The van der Waals surface area contributed by atoms with Crippen LogP contribution in [0.1, 0.15) is 152 Å². The lowest BCUT2D eigenvalue weighted by atomic mass is 9.69. The van der Waals surface area contributed by atoms with Crippen LogP contribution < -0.4 is 0 Å². The molecule has 2 aliphatic heterocycles. The lowest BCUT2D eigenvalue weighted by molar-refractivity contribution is -0.143. The molecule has 2 aliphatic carbocycles. The van der Waals surface area contributed by atoms with Gasteiger partial charge in [-0.25, -0.2) is 17.7 Å². The molecule has 5 rings (SSSR count). The van der Waals surface area contributed by atoms with Crippen LogP contribution in [0.3, 0.4) is 0 Å². The number of rotatable bonds is 22. The highest BCUT2D eigenvalue weighted by Gasteiger charge is 2.72. The van der Waals surface area contributed by atoms with E-state index >= 15 is 0 Å². The summed E-state index contributed by atoms with van der Waals surface area (Å²) in [5.74, 6) is -1.66. The molecule has 2 bridgehead atoms. The first-order valence-corrected chi connectivity index (χ1v) is 35.0. The van der Waals surface area contributed by atoms with Crippen LogP contribution in [0.15, 0.2) is 11.0 Å². The summed E-state index contributed by atoms with van der Waals surface area (Å²) in [6, 6.07) is -0.396. The number of aryl methyl sites for hydroxylation is 1. The average molecular weight is 1050 g/mol. The Bertz CT molecular complexity index is 2280. The van der Waals surface area contributed by atoms with E-state index in [2.05, 4.69) is 92.6 Å². The Kier molecular flexibility index (Phi) is 16.5. The van der Waals surface area contributed by atoms with Crippen LogP contribution in [-0.2, 0) is 47.5 Å². The highest BCUT2D eigenvalue weighted by atomic mass is 32.2. The predicted molar refractivity (Wildman–Crippen MR) is 277 cm³/mol. The van der Waals surface area contributed by atoms with Gasteiger partial charge in [-0.05, 0) is 111 Å². The highest BCUT2D eigenvalue weighted by Crippen LogP contribution is 2.70. The van der Waals surface area contributed by atoms with Crippen LogP contribution in [0.25, 0.3) is 6.08 Å². The van der Waals surface area contributed by atoms with Crippen molar-refractivity contribution < 1.29 is 49.3 Å². The van der Waals surface area contributed by atoms with Crippen LogP contribution in [0.5, 0.6) is 0 Å². The molecule has 10 atom stereocenters. The first-order chi connectivity index (χ1) is 30.6. The van der Waals surface area contributed by atoms with Crippen LogP contribution >= 0.6 is 11.3 Å². The van der Waals surface area contributed by atoms with Gasteiger partial charge in [-0.15, -0.1) is 11.3 Å². The molecule has 68 heavy (non-hydrogen) atoms. The number of ether oxygens (including phenoxy) is 1. The maximum atomic E-state index is 14.8. The molecule has 3 heterocycles. The number of thiazole rings is 1. The second-order valence-corrected chi connectivity index (χ2v) is 39.6. The fourth-order valence-corrected chi connectivity index (χ4v) is 17.4. The van der Waals surface area contributed by atoms with Gasteiger partial charge in [-0.2, -0.15) is 8.42 Å². The highest BCUT2D eigenvalue weighted by molar-refractivity contribution is 7.90. The SMILES string of the molecule is CC(=Cc1csc(C)n1)[C@H](C[C@@H]1O[C@@]1(CCC[C@H](C)[C@H](O)[C@@H](C)C(=O)C(C)(C)[C@H](CC(=O)N1C2CC3CC[C@]2(CS1(=O)=O)C3(C)C)O[Si](C)(C)C(C)(C)C)COS(C)(=O)=O)O[Si](C)(C)C(C)(C)C. The smallest absolute Gasteiger partial charge is 0.264 e. The van der Waals surface area contributed by atoms with E-state index in [4.69, 9.17) is 17.8 Å². The number of carbonyl (C=O) groups is 2. The first kappa shape index (κ1) is 57.5. The summed E-state index contributed by atoms with van der Waals surface area (Å²) in [4.78, 5) is 34.0. The molecule has 18 heteroatoms. The zero-order valence-electron chi connectivity index (χ0n) is 45.0. The molecule has 1 N–H and O–H groups in total. The summed E-state index contributed by atoms with van der Waals surface area (Å²) in [5, 5.41) is 14.6. The summed E-state index contributed by atoms with van der Waals surface area (Å²) in [6.07, 6.45) is 4.61. The number of aromatic nitrogens is 1. The fourth-order valence-electron chi connectivity index (χ4n) is 11.1. The molecular formula is C50H88N2O11S3Si2. The topological polar surface area (TPSA) is 179 Å². The molecule has 2 saturated heterocycles. The minimum Gasteiger partial charge on any atom is -0.412 e. The fraction of sp³-hybridized carbons (Fsp3) is 0.860. The molecule has 0 radical (unpaired) electrons. The second-order valence-electron chi connectivity index (χ2n) is 25.5. The van der Waals surface area contributed by atoms with E-state index in [-0.39, 0.29) is 58.2 Å². The number of sulfonamides is 1. The van der Waals surface area contributed by atoms with Crippen molar-refractivity contribution >= 4 is 65.9 Å². The Morgan fingerprint density at radius 2 is 1.63 bits per heavy atom. The van der Waals surface area contributed by atoms with E-state index < -0.39 is 83.3 Å². The summed E-state index contributed by atoms with van der Waals surface area (Å²) < 4.78 is 79.6. The number of Topliss-reactive ketones (excluding diaryl/α,β-unsaturated/α-hetero) is 1. The third kappa shape index (κ3) is 11.7. The molecule has 2 unspecified atom stereocenters. The number of nitrogens with zero attached hydrogens (tertiary/aromatic N) is 2. The zero-order valence-corrected chi connectivity index (χ0v) is 49.4. The summed E-state index contributed by atoms with van der Waals surface area (Å²) >= 11 is 1.58. The molecule has 1 aromatic rings. The van der Waals surface area contributed by atoms with Gasteiger partial charge in [0.05, 0.1) is 66.2 Å². The monoisotopic (exact) mass is 1040 g/mol. The van der Waals surface area contributed by atoms with Crippen LogP contribution in [0.2, 0.25) is 36.3 Å². The molecule has 1 spiro atoms. The Hall–Kier alpha value is -1.36. The second kappa shape index (κ2) is 19.5. The van der Waals surface area contributed by atoms with Crippen molar-refractivity contribution in [1.82, 2.24) is 9.29 Å². The summed E-state index contributed by atoms with van der Waals surface area (Å²) in [6.45, 7) is 36.7. The Morgan fingerprint density at radius 1 is 1.04 bits per heavy atom. The molecular weight excluding hydrogens is 957 g/mol. The van der Waals surface area contributed by atoms with Gasteiger partial charge in [-0.1, -0.05) is 89.5 Å². The van der Waals surface area contributed by atoms with E-state index in [1.165, 1.54) is 4.31 Å². The molecule has 1 aromatic heterocycles. The molecule has 13 nitrogen and oxygen atoms in total. The van der Waals surface area contributed by atoms with E-state index in [0.717, 1.165) is 35.4 Å². The normalized spacial score (nSPS) is 28.6. The number of hydrogen-bond donors (Lipinski definition) is 1. The maximum Gasteiger partial charge on any atom is 0.264 e. The molecule has 2 saturated carbocycles. The zero-order chi connectivity index (χ0) is 51.8. The van der Waals surface area contributed by atoms with E-state index in [1.807, 2.05) is 26.2 Å². The number of amides is 1. The number of ketones is 1. The third-order valence-corrected chi connectivity index (χ3v) is 30.3. The third-order valence-electron chi connectivity index (χ3n) is 18.1. The van der Waals surface area contributed by atoms with E-state index in [9.17, 15) is 31.5 Å². The Morgan fingerprint density at radius 3 is 2.16 bits per heavy atom. The standard InChI is InChI=1S/C50H88N2O11S3Si2/c1-32(21-20-23-50(30-60-65(15,56)57)41(61-50)27-38(62-67(16,17)45(5,6)7)33(2)25-37-29-64-35(4)51-37)43(54)34(3)44(55)47(11,12)40(63-68(18,19)46(8,9)10)28-42(53)52-39-26-36-22-24-49(39,48(36,13)14)31-66(52,58)59/h25,29,32,34,36,38-41,43,54H,20-24,26-28,30-31H2,1-19H3/t32-,34+,36?,38-,39?,40-,41-,43-,49+,50-/m0/s1. The van der Waals surface area contributed by atoms with Gasteiger partial charge in [0.15, 0.2) is 16.6 Å². The molecule has 1 amide bonds. The van der Waals surface area contributed by atoms with Crippen molar-refractivity contribution in [1.29, 1.82) is 0 Å². The summed E-state index contributed by atoms with van der Waals surface area (Å²) in [5.41, 5.74) is -0.964. The van der Waals surface area contributed by atoms with Gasteiger partial charge in [0.25, 0.3) is 10.1 Å². The van der Waals surface area contributed by atoms with Crippen LogP contribution in [0, 0.1) is 40.9 Å². The van der Waals surface area contributed by atoms with E-state index in [0.29, 0.717) is 38.0 Å². The Labute approximate surface area is 417 Å². The van der Waals surface area contributed by atoms with Gasteiger partial charge in [0.1, 0.15) is 11.4 Å². The van der Waals surface area contributed by atoms with Gasteiger partial charge in [-0.3, -0.25) is 13.8 Å². The number of aliphatic hydroxyl groups is 1. The van der Waals surface area contributed by atoms with Crippen LogP contribution in [-0.4, -0.2) is 114 Å². The number of fused-ring (bicyclic) bond motifs is 1. The maximum absolute atomic E-state index is 14.8. The van der Waals surface area contributed by atoms with Crippen LogP contribution in [0.4, 0.5) is 0 Å². The lowest BCUT2D eigenvalue weighted by Gasteiger charge is -2.45. The van der Waals surface area contributed by atoms with E-state index in [1.54, 1.807) is 32.1 Å². The van der Waals surface area contributed by atoms with Gasteiger partial charge >= 0.3 is 0 Å². The summed E-state index contributed by atoms with van der Waals surface area (Å²) in [7, 11) is -12.6. The minimum absolute atomic E-state index is 0.0352. The largest absolute Gasteiger partial charge is 0.412 e. The van der Waals surface area contributed by atoms with Crippen molar-refractivity contribution in [2.45, 2.75) is 221 Å². The number of hydrogen-bond acceptors (Lipinski definition) is 13. The van der Waals surface area contributed by atoms with Gasteiger partial charge in [0, 0.05) is 28.5 Å². The molecule has 390 valence electrons. The molecule has 4 aliphatic rings. The van der Waals surface area contributed by atoms with Crippen molar-refractivity contribution in [2.75, 3.05) is 18.6 Å². The lowest BCUT2D eigenvalue weighted by Crippen LogP contribution is -2.54. The van der Waals surface area contributed by atoms with Gasteiger partial charge < -0.3 is 18.7 Å². The average Bonchev–Trinajstić information content (AvgIpc) is 3.31. The minimum atomic E-state index is -3.89. The number of epoxide rings is 1. The first-order valence-electron chi connectivity index (χ1n) is 24.9. The molecule has 4 fully saturated rings. The van der Waals surface area contributed by atoms with Crippen molar-refractivity contribution in [3.8, 4) is 0 Å². The number of carbonyl (C=O) groups excluding carboxylic acids is 2. The molecule has 0 aromatic carbocycles. The van der Waals surface area contributed by atoms with Crippen molar-refractivity contribution in [2.24, 2.45) is 34.0 Å². The Balaban J connectivity index is 1.31. The predicted octanol–water partition coefficient (Wildman–Crippen LogP) is 10.3. The van der Waals surface area contributed by atoms with Crippen molar-refractivity contribution in [3.05, 3.63) is 21.7 Å². The van der Waals surface area contributed by atoms with Gasteiger partial charge in [0.2, 0.25) is 15.9 Å². The van der Waals surface area contributed by atoms with Crippen molar-refractivity contribution in [3.63, 3.8) is 0 Å².